The van der Waals surface area contributed by atoms with Gasteiger partial charge in [-0.25, -0.2) is 4.79 Å². The summed E-state index contributed by atoms with van der Waals surface area (Å²) in [6.07, 6.45) is 7.06. The van der Waals surface area contributed by atoms with E-state index >= 15 is 0 Å². The minimum absolute atomic E-state index is 0.0634. The number of rotatable bonds is 10. The molecule has 1 heterocycles. The van der Waals surface area contributed by atoms with E-state index in [4.69, 9.17) is 23.7 Å². The maximum atomic E-state index is 12.0. The highest BCUT2D eigenvalue weighted by molar-refractivity contribution is 5.88. The molecule has 0 aliphatic carbocycles. The van der Waals surface area contributed by atoms with E-state index in [1.54, 1.807) is 37.5 Å². The second-order valence-corrected chi connectivity index (χ2v) is 6.87. The van der Waals surface area contributed by atoms with Gasteiger partial charge in [-0.2, -0.15) is 0 Å². The highest BCUT2D eigenvalue weighted by Gasteiger charge is 2.13. The monoisotopic (exact) mass is 412 g/mol. The van der Waals surface area contributed by atoms with Crippen LogP contribution in [0.4, 0.5) is 0 Å². The molecule has 0 aromatic heterocycles. The highest BCUT2D eigenvalue weighted by Crippen LogP contribution is 2.19. The van der Waals surface area contributed by atoms with Gasteiger partial charge in [0.1, 0.15) is 17.2 Å². The summed E-state index contributed by atoms with van der Waals surface area (Å²) in [5.74, 6) is 1.51. The summed E-state index contributed by atoms with van der Waals surface area (Å²) < 4.78 is 27.3. The van der Waals surface area contributed by atoms with Gasteiger partial charge in [-0.05, 0) is 67.3 Å². The number of ether oxygens (including phenoxy) is 5. The third-order valence-electron chi connectivity index (χ3n) is 4.57. The van der Waals surface area contributed by atoms with Crippen LogP contribution in [0.3, 0.4) is 0 Å². The molecule has 0 radical (unpaired) electrons. The summed E-state index contributed by atoms with van der Waals surface area (Å²) in [6.45, 7) is 1.95. The predicted molar refractivity (Wildman–Crippen MR) is 114 cm³/mol. The van der Waals surface area contributed by atoms with Crippen LogP contribution in [0, 0.1) is 0 Å². The molecule has 1 saturated heterocycles. The summed E-state index contributed by atoms with van der Waals surface area (Å²) >= 11 is 0. The molecular weight excluding hydrogens is 384 g/mol. The quantitative estimate of drug-likeness (QED) is 0.245. The number of esters is 1. The summed E-state index contributed by atoms with van der Waals surface area (Å²) in [5.41, 5.74) is 0.885. The molecule has 0 spiro atoms. The van der Waals surface area contributed by atoms with E-state index in [-0.39, 0.29) is 6.29 Å². The van der Waals surface area contributed by atoms with E-state index in [0.717, 1.165) is 49.4 Å². The van der Waals surface area contributed by atoms with Crippen molar-refractivity contribution in [3.63, 3.8) is 0 Å². The molecule has 1 atom stereocenters. The van der Waals surface area contributed by atoms with Crippen molar-refractivity contribution in [1.82, 2.24) is 0 Å². The fraction of sp³-hybridized carbons (Fsp3) is 0.375. The van der Waals surface area contributed by atoms with Crippen molar-refractivity contribution in [3.8, 4) is 17.2 Å². The number of hydrogen-bond donors (Lipinski definition) is 0. The van der Waals surface area contributed by atoms with Gasteiger partial charge in [-0.1, -0.05) is 12.1 Å². The molecule has 0 bridgehead atoms. The van der Waals surface area contributed by atoms with Gasteiger partial charge in [0, 0.05) is 19.1 Å². The number of hydrogen-bond acceptors (Lipinski definition) is 6. The topological polar surface area (TPSA) is 63.2 Å². The lowest BCUT2D eigenvalue weighted by Crippen LogP contribution is -2.23. The van der Waals surface area contributed by atoms with Gasteiger partial charge in [0.05, 0.1) is 20.3 Å². The standard InChI is InChI=1S/C24H28O6/c1-26-20-9-6-19(7-10-20)8-15-23(25)30-22-13-11-21(12-14-22)27-17-4-18-29-24-5-2-3-16-28-24/h6-15,24H,2-5,16-18H2,1H3/b15-8+. The molecule has 2 aromatic carbocycles. The molecule has 0 amide bonds. The van der Waals surface area contributed by atoms with Crippen LogP contribution < -0.4 is 14.2 Å². The molecule has 1 aliphatic rings. The van der Waals surface area contributed by atoms with E-state index in [1.165, 1.54) is 6.08 Å². The Labute approximate surface area is 177 Å². The first-order valence-electron chi connectivity index (χ1n) is 10.2. The average Bonchev–Trinajstić information content (AvgIpc) is 2.79. The molecule has 1 fully saturated rings. The maximum Gasteiger partial charge on any atom is 0.336 e. The Kier molecular flexibility index (Phi) is 8.75. The van der Waals surface area contributed by atoms with Gasteiger partial charge < -0.3 is 23.7 Å². The third-order valence-corrected chi connectivity index (χ3v) is 4.57. The Morgan fingerprint density at radius 2 is 1.73 bits per heavy atom. The van der Waals surface area contributed by atoms with E-state index in [1.807, 2.05) is 24.3 Å². The molecule has 2 aromatic rings. The average molecular weight is 412 g/mol. The second-order valence-electron chi connectivity index (χ2n) is 6.87. The van der Waals surface area contributed by atoms with Crippen LogP contribution in [-0.4, -0.2) is 39.2 Å². The largest absolute Gasteiger partial charge is 0.497 e. The van der Waals surface area contributed by atoms with Crippen LogP contribution >= 0.6 is 0 Å². The first kappa shape index (κ1) is 21.9. The molecule has 30 heavy (non-hydrogen) atoms. The number of carbonyl (C=O) groups excluding carboxylic acids is 1. The zero-order valence-electron chi connectivity index (χ0n) is 17.3. The normalized spacial score (nSPS) is 16.4. The Morgan fingerprint density at radius 1 is 1.00 bits per heavy atom. The molecule has 6 heteroatoms. The van der Waals surface area contributed by atoms with E-state index in [0.29, 0.717) is 19.0 Å². The minimum Gasteiger partial charge on any atom is -0.497 e. The van der Waals surface area contributed by atoms with Gasteiger partial charge in [0.15, 0.2) is 6.29 Å². The first-order chi connectivity index (χ1) is 14.7. The highest BCUT2D eigenvalue weighted by atomic mass is 16.7. The lowest BCUT2D eigenvalue weighted by Gasteiger charge is -2.22. The summed E-state index contributed by atoms with van der Waals surface area (Å²) in [6, 6.07) is 14.4. The molecular formula is C24H28O6. The fourth-order valence-electron chi connectivity index (χ4n) is 2.94. The van der Waals surface area contributed by atoms with Crippen LogP contribution in [0.2, 0.25) is 0 Å². The molecule has 6 nitrogen and oxygen atoms in total. The van der Waals surface area contributed by atoms with Gasteiger partial charge in [-0.3, -0.25) is 0 Å². The van der Waals surface area contributed by atoms with Gasteiger partial charge in [0.25, 0.3) is 0 Å². The lowest BCUT2D eigenvalue weighted by molar-refractivity contribution is -0.163. The Hall–Kier alpha value is -2.83. The van der Waals surface area contributed by atoms with Crippen LogP contribution in [0.15, 0.2) is 54.6 Å². The van der Waals surface area contributed by atoms with E-state index < -0.39 is 5.97 Å². The van der Waals surface area contributed by atoms with Gasteiger partial charge >= 0.3 is 5.97 Å². The summed E-state index contributed by atoms with van der Waals surface area (Å²) in [5, 5.41) is 0. The Bertz CT molecular complexity index is 791. The SMILES string of the molecule is COc1ccc(/C=C/C(=O)Oc2ccc(OCCCOC3CCCCO3)cc2)cc1. The zero-order valence-corrected chi connectivity index (χ0v) is 17.3. The second kappa shape index (κ2) is 12.0. The fourth-order valence-corrected chi connectivity index (χ4v) is 2.94. The number of carbonyl (C=O) groups is 1. The van der Waals surface area contributed by atoms with Crippen molar-refractivity contribution in [3.05, 3.63) is 60.2 Å². The first-order valence-corrected chi connectivity index (χ1v) is 10.2. The van der Waals surface area contributed by atoms with Crippen LogP contribution in [-0.2, 0) is 14.3 Å². The van der Waals surface area contributed by atoms with Gasteiger partial charge in [-0.15, -0.1) is 0 Å². The zero-order chi connectivity index (χ0) is 21.0. The minimum atomic E-state index is -0.443. The van der Waals surface area contributed by atoms with Crippen molar-refractivity contribution in [1.29, 1.82) is 0 Å². The smallest absolute Gasteiger partial charge is 0.336 e. The Morgan fingerprint density at radius 3 is 2.43 bits per heavy atom. The number of methoxy groups -OCH3 is 1. The Balaban J connectivity index is 1.35. The maximum absolute atomic E-state index is 12.0. The molecule has 0 saturated carbocycles. The predicted octanol–water partition coefficient (Wildman–Crippen LogP) is 4.63. The molecule has 1 aliphatic heterocycles. The van der Waals surface area contributed by atoms with E-state index in [9.17, 15) is 4.79 Å². The molecule has 3 rings (SSSR count). The van der Waals surface area contributed by atoms with Crippen LogP contribution in [0.1, 0.15) is 31.2 Å². The van der Waals surface area contributed by atoms with Crippen LogP contribution in [0.5, 0.6) is 17.2 Å². The van der Waals surface area contributed by atoms with Crippen molar-refractivity contribution in [2.75, 3.05) is 26.9 Å². The van der Waals surface area contributed by atoms with E-state index in [2.05, 4.69) is 0 Å². The third kappa shape index (κ3) is 7.54. The van der Waals surface area contributed by atoms with Crippen molar-refractivity contribution >= 4 is 12.0 Å². The summed E-state index contributed by atoms with van der Waals surface area (Å²) in [4.78, 5) is 12.0. The molecule has 1 unspecified atom stereocenters. The van der Waals surface area contributed by atoms with Crippen molar-refractivity contribution in [2.24, 2.45) is 0 Å². The van der Waals surface area contributed by atoms with Crippen molar-refractivity contribution < 1.29 is 28.5 Å². The molecule has 0 N–H and O–H groups in total. The van der Waals surface area contributed by atoms with Gasteiger partial charge in [0.2, 0.25) is 0 Å². The van der Waals surface area contributed by atoms with Crippen LogP contribution in [0.25, 0.3) is 6.08 Å². The number of benzene rings is 2. The lowest BCUT2D eigenvalue weighted by atomic mass is 10.2. The van der Waals surface area contributed by atoms with Crippen molar-refractivity contribution in [2.45, 2.75) is 32.0 Å². The molecule has 160 valence electrons. The summed E-state index contributed by atoms with van der Waals surface area (Å²) in [7, 11) is 1.61.